The number of aromatic nitrogens is 5. The predicted octanol–water partition coefficient (Wildman–Crippen LogP) is 3.24. The van der Waals surface area contributed by atoms with E-state index >= 15 is 0 Å². The van der Waals surface area contributed by atoms with E-state index in [1.807, 2.05) is 42.5 Å². The first kappa shape index (κ1) is 23.3. The van der Waals surface area contributed by atoms with Crippen molar-refractivity contribution in [2.45, 2.75) is 32.4 Å². The molecule has 9 heteroatoms. The zero-order chi connectivity index (χ0) is 24.1. The van der Waals surface area contributed by atoms with Crippen molar-refractivity contribution in [1.82, 2.24) is 24.6 Å². The summed E-state index contributed by atoms with van der Waals surface area (Å²) in [5.74, 6) is 1.05. The number of nitrogens with zero attached hydrogens (tertiary/aromatic N) is 5. The van der Waals surface area contributed by atoms with E-state index in [0.717, 1.165) is 22.4 Å². The summed E-state index contributed by atoms with van der Waals surface area (Å²) in [6.07, 6.45) is 3.57. The van der Waals surface area contributed by atoms with Crippen molar-refractivity contribution in [2.24, 2.45) is 0 Å². The molecule has 176 valence electrons. The molecule has 34 heavy (non-hydrogen) atoms. The summed E-state index contributed by atoms with van der Waals surface area (Å²) in [5, 5.41) is 30.0. The van der Waals surface area contributed by atoms with Crippen LogP contribution in [0.1, 0.15) is 30.9 Å². The van der Waals surface area contributed by atoms with Gasteiger partial charge in [-0.15, -0.1) is 0 Å². The van der Waals surface area contributed by atoms with E-state index < -0.39 is 6.04 Å². The van der Waals surface area contributed by atoms with Gasteiger partial charge in [-0.1, -0.05) is 50.8 Å². The molecule has 0 saturated heterocycles. The Morgan fingerprint density at radius 3 is 2.53 bits per heavy atom. The molecule has 0 aliphatic heterocycles. The Labute approximate surface area is 198 Å². The van der Waals surface area contributed by atoms with Gasteiger partial charge in [-0.2, -0.15) is 19.6 Å². The molecule has 0 spiro atoms. The monoisotopic (exact) mass is 459 g/mol. The number of hydrogen-bond acceptors (Lipinski definition) is 8. The zero-order valence-corrected chi connectivity index (χ0v) is 19.3. The third-order valence-electron chi connectivity index (χ3n) is 5.56. The molecule has 4 aromatic rings. The molecular formula is C25H29N7O2. The van der Waals surface area contributed by atoms with Crippen molar-refractivity contribution in [3.05, 3.63) is 78.1 Å². The van der Waals surface area contributed by atoms with Gasteiger partial charge in [0.05, 0.1) is 31.1 Å². The highest BCUT2D eigenvalue weighted by Gasteiger charge is 2.18. The van der Waals surface area contributed by atoms with Crippen molar-refractivity contribution in [3.63, 3.8) is 0 Å². The van der Waals surface area contributed by atoms with Crippen molar-refractivity contribution < 1.29 is 10.2 Å². The van der Waals surface area contributed by atoms with Crippen molar-refractivity contribution in [2.75, 3.05) is 23.8 Å². The summed E-state index contributed by atoms with van der Waals surface area (Å²) >= 11 is 0. The molecule has 0 aliphatic carbocycles. The average molecular weight is 460 g/mol. The maximum atomic E-state index is 9.70. The molecule has 0 saturated carbocycles. The Morgan fingerprint density at radius 2 is 1.88 bits per heavy atom. The van der Waals surface area contributed by atoms with Crippen LogP contribution in [0.3, 0.4) is 0 Å². The highest BCUT2D eigenvalue weighted by Crippen LogP contribution is 2.23. The van der Waals surface area contributed by atoms with Gasteiger partial charge >= 0.3 is 0 Å². The van der Waals surface area contributed by atoms with Gasteiger partial charge in [0.15, 0.2) is 5.65 Å². The minimum Gasteiger partial charge on any atom is -0.394 e. The zero-order valence-electron chi connectivity index (χ0n) is 19.3. The molecule has 9 nitrogen and oxygen atoms in total. The molecule has 1 atom stereocenters. The third-order valence-corrected chi connectivity index (χ3v) is 5.56. The van der Waals surface area contributed by atoms with E-state index in [2.05, 4.69) is 51.1 Å². The van der Waals surface area contributed by atoms with Gasteiger partial charge < -0.3 is 20.8 Å². The lowest BCUT2D eigenvalue weighted by atomic mass is 10.1. The summed E-state index contributed by atoms with van der Waals surface area (Å²) < 4.78 is 1.68. The molecule has 1 aromatic carbocycles. The Balaban J connectivity index is 1.60. The van der Waals surface area contributed by atoms with Crippen molar-refractivity contribution >= 4 is 17.5 Å². The highest BCUT2D eigenvalue weighted by molar-refractivity contribution is 5.59. The number of hydrogen-bond donors (Lipinski definition) is 4. The minimum atomic E-state index is -0.565. The quantitative estimate of drug-likeness (QED) is 0.267. The van der Waals surface area contributed by atoms with Crippen LogP contribution in [-0.2, 0) is 6.54 Å². The standard InChI is InChI=1S/C25H29N7O2/c1-16(2)20-13-28-32-23(20)30-24(29-22(15-34)17(3)14-33)31-25(32)27-12-18-7-9-19(10-8-18)21-6-4-5-11-26-21/h4-11,13,16,22,33-34H,3,12,14-15H2,1-2H3,(H2,27,29,30,31)/t22-/m0/s1. The van der Waals surface area contributed by atoms with Gasteiger partial charge in [0.25, 0.3) is 0 Å². The number of pyridine rings is 1. The van der Waals surface area contributed by atoms with Gasteiger partial charge in [0, 0.05) is 23.9 Å². The van der Waals surface area contributed by atoms with Gasteiger partial charge in [-0.3, -0.25) is 4.98 Å². The van der Waals surface area contributed by atoms with E-state index in [0.29, 0.717) is 29.7 Å². The maximum absolute atomic E-state index is 9.70. The van der Waals surface area contributed by atoms with Crippen LogP contribution in [0.4, 0.5) is 11.9 Å². The van der Waals surface area contributed by atoms with Crippen LogP contribution in [-0.4, -0.2) is 54.0 Å². The van der Waals surface area contributed by atoms with Crippen LogP contribution >= 0.6 is 0 Å². The van der Waals surface area contributed by atoms with E-state index in [-0.39, 0.29) is 19.1 Å². The summed E-state index contributed by atoms with van der Waals surface area (Å²) in [6, 6.07) is 13.5. The fourth-order valence-corrected chi connectivity index (χ4v) is 3.53. The largest absolute Gasteiger partial charge is 0.394 e. The SMILES string of the molecule is C=C(CO)[C@H](CO)Nc1nc(NCc2ccc(-c3ccccn3)cc2)n2ncc(C(C)C)c2n1. The van der Waals surface area contributed by atoms with Crippen LogP contribution in [0.25, 0.3) is 16.9 Å². The smallest absolute Gasteiger partial charge is 0.229 e. The van der Waals surface area contributed by atoms with Crippen molar-refractivity contribution in [1.29, 1.82) is 0 Å². The van der Waals surface area contributed by atoms with Crippen LogP contribution in [0.15, 0.2) is 67.0 Å². The molecule has 0 bridgehead atoms. The Hall–Kier alpha value is -3.82. The molecule has 0 amide bonds. The van der Waals surface area contributed by atoms with Gasteiger partial charge in [0.1, 0.15) is 0 Å². The van der Waals surface area contributed by atoms with E-state index in [4.69, 9.17) is 0 Å². The molecule has 0 radical (unpaired) electrons. The number of anilines is 2. The predicted molar refractivity (Wildman–Crippen MR) is 133 cm³/mol. The fraction of sp³-hybridized carbons (Fsp3) is 0.280. The molecular weight excluding hydrogens is 430 g/mol. The first-order valence-electron chi connectivity index (χ1n) is 11.2. The van der Waals surface area contributed by atoms with Crippen molar-refractivity contribution in [3.8, 4) is 11.3 Å². The van der Waals surface area contributed by atoms with Gasteiger partial charge in [-0.05, 0) is 29.2 Å². The molecule has 4 rings (SSSR count). The lowest BCUT2D eigenvalue weighted by molar-refractivity contribution is 0.266. The number of nitrogens with one attached hydrogen (secondary N) is 2. The van der Waals surface area contributed by atoms with Crippen LogP contribution < -0.4 is 10.6 Å². The topological polar surface area (TPSA) is 120 Å². The van der Waals surface area contributed by atoms with Crippen LogP contribution in [0, 0.1) is 0 Å². The second-order valence-electron chi connectivity index (χ2n) is 8.32. The summed E-state index contributed by atoms with van der Waals surface area (Å²) in [4.78, 5) is 13.6. The molecule has 0 unspecified atom stereocenters. The number of fused-ring (bicyclic) bond motifs is 1. The first-order valence-corrected chi connectivity index (χ1v) is 11.2. The van der Waals surface area contributed by atoms with Crippen LogP contribution in [0.2, 0.25) is 0 Å². The molecule has 0 aliphatic rings. The molecule has 0 fully saturated rings. The lowest BCUT2D eigenvalue weighted by Gasteiger charge is -2.18. The number of benzene rings is 1. The Kier molecular flexibility index (Phi) is 7.15. The lowest BCUT2D eigenvalue weighted by Crippen LogP contribution is -2.28. The molecule has 3 heterocycles. The highest BCUT2D eigenvalue weighted by atomic mass is 16.3. The van der Waals surface area contributed by atoms with Crippen LogP contribution in [0.5, 0.6) is 0 Å². The molecule has 3 aromatic heterocycles. The Morgan fingerprint density at radius 1 is 1.09 bits per heavy atom. The maximum Gasteiger partial charge on any atom is 0.229 e. The van der Waals surface area contributed by atoms with Gasteiger partial charge in [-0.25, -0.2) is 0 Å². The average Bonchev–Trinajstić information content (AvgIpc) is 3.30. The Bertz CT molecular complexity index is 1250. The first-order chi connectivity index (χ1) is 16.5. The normalized spacial score (nSPS) is 12.1. The minimum absolute atomic E-state index is 0.216. The van der Waals surface area contributed by atoms with Gasteiger partial charge in [0.2, 0.25) is 11.9 Å². The number of aliphatic hydroxyl groups is 2. The fourth-order valence-electron chi connectivity index (χ4n) is 3.53. The van der Waals surface area contributed by atoms with E-state index in [1.54, 1.807) is 16.9 Å². The number of aliphatic hydroxyl groups excluding tert-OH is 2. The second-order valence-corrected chi connectivity index (χ2v) is 8.32. The summed E-state index contributed by atoms with van der Waals surface area (Å²) in [7, 11) is 0. The summed E-state index contributed by atoms with van der Waals surface area (Å²) in [5.41, 5.74) is 5.15. The molecule has 4 N–H and O–H groups in total. The van der Waals surface area contributed by atoms with E-state index in [9.17, 15) is 10.2 Å². The third kappa shape index (κ3) is 5.05. The number of rotatable bonds is 10. The summed E-state index contributed by atoms with van der Waals surface area (Å²) in [6.45, 7) is 7.99. The second kappa shape index (κ2) is 10.4. The van der Waals surface area contributed by atoms with E-state index in [1.165, 1.54) is 0 Å².